The number of aromatic amines is 1. The first-order valence-electron chi connectivity index (χ1n) is 9.57. The molecular formula is C21H25F2N3. The Hall–Kier alpha value is -2.01. The van der Waals surface area contributed by atoms with Crippen LogP contribution in [0.3, 0.4) is 0 Å². The van der Waals surface area contributed by atoms with Gasteiger partial charge in [-0.25, -0.2) is 8.78 Å². The molecule has 1 aliphatic carbocycles. The van der Waals surface area contributed by atoms with Gasteiger partial charge in [0, 0.05) is 30.3 Å². The van der Waals surface area contributed by atoms with E-state index in [1.165, 1.54) is 31.0 Å². The molecule has 2 unspecified atom stereocenters. The SMILES string of the molecule is Fc1cccc(F)c1-c1cn[nH]c1C1CCCN(CC2CC=CCC2)C1. The van der Waals surface area contributed by atoms with Gasteiger partial charge in [0.15, 0.2) is 0 Å². The van der Waals surface area contributed by atoms with Crippen LogP contribution in [-0.4, -0.2) is 34.7 Å². The van der Waals surface area contributed by atoms with Gasteiger partial charge in [-0.05, 0) is 56.7 Å². The van der Waals surface area contributed by atoms with Gasteiger partial charge >= 0.3 is 0 Å². The molecule has 1 fully saturated rings. The van der Waals surface area contributed by atoms with Crippen molar-refractivity contribution in [3.8, 4) is 11.1 Å². The Labute approximate surface area is 153 Å². The Kier molecular flexibility index (Phi) is 5.16. The predicted molar refractivity (Wildman–Crippen MR) is 98.8 cm³/mol. The molecule has 1 N–H and O–H groups in total. The number of benzene rings is 1. The van der Waals surface area contributed by atoms with Crippen LogP contribution >= 0.6 is 0 Å². The van der Waals surface area contributed by atoms with E-state index in [1.54, 1.807) is 6.20 Å². The summed E-state index contributed by atoms with van der Waals surface area (Å²) >= 11 is 0. The number of hydrogen-bond acceptors (Lipinski definition) is 2. The Balaban J connectivity index is 1.53. The molecule has 1 saturated heterocycles. The number of hydrogen-bond donors (Lipinski definition) is 1. The van der Waals surface area contributed by atoms with Crippen molar-refractivity contribution in [2.75, 3.05) is 19.6 Å². The first kappa shape index (κ1) is 17.4. The minimum Gasteiger partial charge on any atom is -0.302 e. The highest BCUT2D eigenvalue weighted by molar-refractivity contribution is 5.67. The number of rotatable bonds is 4. The van der Waals surface area contributed by atoms with Crippen molar-refractivity contribution in [3.05, 3.63) is 53.9 Å². The lowest BCUT2D eigenvalue weighted by Crippen LogP contribution is -2.38. The number of likely N-dealkylation sites (tertiary alicyclic amines) is 1. The summed E-state index contributed by atoms with van der Waals surface area (Å²) in [5.74, 6) is -0.105. The number of allylic oxidation sites excluding steroid dienone is 2. The molecule has 0 saturated carbocycles. The Morgan fingerprint density at radius 2 is 2.00 bits per heavy atom. The summed E-state index contributed by atoms with van der Waals surface area (Å²) in [5, 5.41) is 7.14. The highest BCUT2D eigenvalue weighted by Crippen LogP contribution is 2.35. The third-order valence-electron chi connectivity index (χ3n) is 5.71. The van der Waals surface area contributed by atoms with Gasteiger partial charge in [-0.1, -0.05) is 18.2 Å². The predicted octanol–water partition coefficient (Wildman–Crippen LogP) is 4.89. The fourth-order valence-corrected chi connectivity index (χ4v) is 4.41. The van der Waals surface area contributed by atoms with Crippen LogP contribution < -0.4 is 0 Å². The van der Waals surface area contributed by atoms with Gasteiger partial charge in [-0.3, -0.25) is 5.10 Å². The van der Waals surface area contributed by atoms with Crippen molar-refractivity contribution in [3.63, 3.8) is 0 Å². The number of aromatic nitrogens is 2. The van der Waals surface area contributed by atoms with Gasteiger partial charge in [0.1, 0.15) is 11.6 Å². The van der Waals surface area contributed by atoms with Crippen LogP contribution in [0.5, 0.6) is 0 Å². The van der Waals surface area contributed by atoms with E-state index in [9.17, 15) is 8.78 Å². The summed E-state index contributed by atoms with van der Waals surface area (Å²) < 4.78 is 28.5. The molecule has 0 bridgehead atoms. The second-order valence-corrected chi connectivity index (χ2v) is 7.54. The van der Waals surface area contributed by atoms with Crippen molar-refractivity contribution >= 4 is 0 Å². The van der Waals surface area contributed by atoms with Gasteiger partial charge < -0.3 is 4.90 Å². The van der Waals surface area contributed by atoms with Gasteiger partial charge in [0.25, 0.3) is 0 Å². The minimum atomic E-state index is -0.533. The van der Waals surface area contributed by atoms with Crippen molar-refractivity contribution < 1.29 is 8.78 Å². The molecule has 1 aromatic heterocycles. The number of nitrogens with one attached hydrogen (secondary N) is 1. The number of H-pyrrole nitrogens is 1. The normalized spacial score (nSPS) is 24.1. The quantitative estimate of drug-likeness (QED) is 0.790. The van der Waals surface area contributed by atoms with Crippen LogP contribution in [0.15, 0.2) is 36.5 Å². The van der Waals surface area contributed by atoms with Gasteiger partial charge in [0.2, 0.25) is 0 Å². The van der Waals surface area contributed by atoms with Crippen LogP contribution in [0.1, 0.15) is 43.7 Å². The van der Waals surface area contributed by atoms with Crippen molar-refractivity contribution in [2.24, 2.45) is 5.92 Å². The first-order valence-corrected chi connectivity index (χ1v) is 9.57. The summed E-state index contributed by atoms with van der Waals surface area (Å²) in [6.45, 7) is 3.14. The second-order valence-electron chi connectivity index (χ2n) is 7.54. The molecule has 2 aromatic rings. The maximum Gasteiger partial charge on any atom is 0.134 e. The van der Waals surface area contributed by atoms with E-state index in [0.29, 0.717) is 5.56 Å². The zero-order valence-corrected chi connectivity index (χ0v) is 14.9. The van der Waals surface area contributed by atoms with Crippen molar-refractivity contribution in [1.82, 2.24) is 15.1 Å². The lowest BCUT2D eigenvalue weighted by molar-refractivity contribution is 0.173. The van der Waals surface area contributed by atoms with Crippen LogP contribution in [0.2, 0.25) is 0 Å². The van der Waals surface area contributed by atoms with Gasteiger partial charge in [-0.2, -0.15) is 5.10 Å². The zero-order chi connectivity index (χ0) is 17.9. The molecule has 0 amide bonds. The monoisotopic (exact) mass is 357 g/mol. The summed E-state index contributed by atoms with van der Waals surface area (Å²) in [7, 11) is 0. The van der Waals surface area contributed by atoms with E-state index in [-0.39, 0.29) is 11.5 Å². The Bertz CT molecular complexity index is 763. The summed E-state index contributed by atoms with van der Waals surface area (Å²) in [6.07, 6.45) is 11.8. The molecule has 2 atom stereocenters. The maximum atomic E-state index is 14.2. The molecule has 26 heavy (non-hydrogen) atoms. The highest BCUT2D eigenvalue weighted by Gasteiger charge is 2.28. The van der Waals surface area contributed by atoms with E-state index in [1.807, 2.05) is 0 Å². The van der Waals surface area contributed by atoms with Crippen molar-refractivity contribution in [1.29, 1.82) is 0 Å². The standard InChI is InChI=1S/C21H25F2N3/c22-18-9-4-10-19(23)20(18)17-12-24-25-21(17)16-8-5-11-26(14-16)13-15-6-2-1-3-7-15/h1-2,4,9-10,12,15-16H,3,5-8,11,13-14H2,(H,24,25). The van der Waals surface area contributed by atoms with Gasteiger partial charge in [-0.15, -0.1) is 0 Å². The second kappa shape index (κ2) is 7.70. The fraction of sp³-hybridized carbons (Fsp3) is 0.476. The molecule has 138 valence electrons. The average molecular weight is 357 g/mol. The molecule has 2 aliphatic rings. The fourth-order valence-electron chi connectivity index (χ4n) is 4.41. The summed E-state index contributed by atoms with van der Waals surface area (Å²) in [4.78, 5) is 2.51. The van der Waals surface area contributed by atoms with Crippen LogP contribution in [0, 0.1) is 17.6 Å². The lowest BCUT2D eigenvalue weighted by Gasteiger charge is -2.35. The van der Waals surface area contributed by atoms with E-state index < -0.39 is 11.6 Å². The largest absolute Gasteiger partial charge is 0.302 e. The maximum absolute atomic E-state index is 14.2. The molecule has 4 rings (SSSR count). The smallest absolute Gasteiger partial charge is 0.134 e. The summed E-state index contributed by atoms with van der Waals surface area (Å²) in [6, 6.07) is 4.01. The average Bonchev–Trinajstić information content (AvgIpc) is 3.12. The van der Waals surface area contributed by atoms with E-state index in [2.05, 4.69) is 27.2 Å². The third kappa shape index (κ3) is 3.58. The van der Waals surface area contributed by atoms with Crippen LogP contribution in [-0.2, 0) is 0 Å². The molecular weight excluding hydrogens is 332 g/mol. The molecule has 1 aliphatic heterocycles. The zero-order valence-electron chi connectivity index (χ0n) is 14.9. The number of nitrogens with zero attached hydrogens (tertiary/aromatic N) is 2. The lowest BCUT2D eigenvalue weighted by atomic mass is 9.88. The molecule has 1 aromatic carbocycles. The minimum absolute atomic E-state index is 0.0331. The molecule has 5 heteroatoms. The van der Waals surface area contributed by atoms with Gasteiger partial charge in [0.05, 0.1) is 11.8 Å². The first-order chi connectivity index (χ1) is 12.7. The number of piperidine rings is 1. The van der Waals surface area contributed by atoms with E-state index in [4.69, 9.17) is 0 Å². The van der Waals surface area contributed by atoms with Crippen LogP contribution in [0.25, 0.3) is 11.1 Å². The Morgan fingerprint density at radius 1 is 1.15 bits per heavy atom. The Morgan fingerprint density at radius 3 is 2.77 bits per heavy atom. The van der Waals surface area contributed by atoms with E-state index in [0.717, 1.165) is 50.5 Å². The molecule has 2 heterocycles. The van der Waals surface area contributed by atoms with E-state index >= 15 is 0 Å². The highest BCUT2D eigenvalue weighted by atomic mass is 19.1. The topological polar surface area (TPSA) is 31.9 Å². The third-order valence-corrected chi connectivity index (χ3v) is 5.71. The van der Waals surface area contributed by atoms with Crippen LogP contribution in [0.4, 0.5) is 8.78 Å². The molecule has 0 radical (unpaired) electrons. The summed E-state index contributed by atoms with van der Waals surface area (Å²) in [5.41, 5.74) is 1.46. The number of halogens is 2. The molecule has 3 nitrogen and oxygen atoms in total. The van der Waals surface area contributed by atoms with Crippen molar-refractivity contribution in [2.45, 2.75) is 38.0 Å². The molecule has 0 spiro atoms.